The molecule has 0 aliphatic carbocycles. The quantitative estimate of drug-likeness (QED) is 0.442. The molecule has 3 N–H and O–H groups in total. The van der Waals surface area contributed by atoms with Crippen LogP contribution in [0.4, 0.5) is 0 Å². The molecule has 138 valence electrons. The number of nitrogens with two attached hydrogens (primary N) is 1. The Labute approximate surface area is 160 Å². The number of methoxy groups -OCH3 is 1. The number of nitrogens with one attached hydrogen (secondary N) is 1. The molecule has 0 saturated heterocycles. The van der Waals surface area contributed by atoms with Crippen molar-refractivity contribution in [3.8, 4) is 17.0 Å². The van der Waals surface area contributed by atoms with Gasteiger partial charge in [-0.25, -0.2) is 0 Å². The Hall–Kier alpha value is -2.78. The van der Waals surface area contributed by atoms with E-state index in [-0.39, 0.29) is 0 Å². The van der Waals surface area contributed by atoms with Gasteiger partial charge in [-0.05, 0) is 78.4 Å². The number of benzene rings is 3. The second-order valence-corrected chi connectivity index (χ2v) is 7.15. The predicted molar refractivity (Wildman–Crippen MR) is 115 cm³/mol. The van der Waals surface area contributed by atoms with Crippen LogP contribution in [0.15, 0.2) is 54.6 Å². The molecule has 0 atom stereocenters. The molecule has 3 aromatic carbocycles. The molecule has 0 fully saturated rings. The molecule has 0 amide bonds. The lowest BCUT2D eigenvalue weighted by Crippen LogP contribution is -1.99. The molecule has 0 unspecified atom stereocenters. The second-order valence-electron chi connectivity index (χ2n) is 7.15. The fourth-order valence-corrected chi connectivity index (χ4v) is 3.91. The van der Waals surface area contributed by atoms with Crippen LogP contribution >= 0.6 is 0 Å². The molecule has 1 aromatic heterocycles. The van der Waals surface area contributed by atoms with Crippen LogP contribution < -0.4 is 10.5 Å². The molecular weight excluding hydrogens is 332 g/mol. The summed E-state index contributed by atoms with van der Waals surface area (Å²) in [6.45, 7) is 2.87. The Morgan fingerprint density at radius 2 is 1.78 bits per heavy atom. The zero-order chi connectivity index (χ0) is 18.8. The van der Waals surface area contributed by atoms with Crippen LogP contribution in [0.5, 0.6) is 5.75 Å². The van der Waals surface area contributed by atoms with Crippen molar-refractivity contribution < 1.29 is 4.74 Å². The molecule has 0 saturated carbocycles. The number of aryl methyl sites for hydroxylation is 2. The summed E-state index contributed by atoms with van der Waals surface area (Å²) in [4.78, 5) is 3.70. The normalized spacial score (nSPS) is 11.4. The largest absolute Gasteiger partial charge is 0.497 e. The zero-order valence-corrected chi connectivity index (χ0v) is 16.0. The lowest BCUT2D eigenvalue weighted by molar-refractivity contribution is 0.415. The molecule has 0 bridgehead atoms. The van der Waals surface area contributed by atoms with E-state index in [1.807, 2.05) is 0 Å². The predicted octanol–water partition coefficient (Wildman–Crippen LogP) is 5.59. The number of H-pyrrole nitrogens is 1. The summed E-state index contributed by atoms with van der Waals surface area (Å²) >= 11 is 0. The van der Waals surface area contributed by atoms with E-state index < -0.39 is 0 Å². The Morgan fingerprint density at radius 3 is 2.56 bits per heavy atom. The van der Waals surface area contributed by atoms with Crippen molar-refractivity contribution in [3.63, 3.8) is 0 Å². The second kappa shape index (κ2) is 7.45. The number of hydrogen-bond acceptors (Lipinski definition) is 2. The maximum absolute atomic E-state index is 5.73. The van der Waals surface area contributed by atoms with E-state index in [2.05, 4.69) is 66.5 Å². The van der Waals surface area contributed by atoms with Crippen LogP contribution in [-0.4, -0.2) is 18.6 Å². The fourth-order valence-electron chi connectivity index (χ4n) is 3.91. The summed E-state index contributed by atoms with van der Waals surface area (Å²) in [5.74, 6) is 0.907. The average Bonchev–Trinajstić information content (AvgIpc) is 3.07. The topological polar surface area (TPSA) is 51.0 Å². The molecule has 0 radical (unpaired) electrons. The number of rotatable bonds is 6. The molecular formula is C24H26N2O. The third-order valence-corrected chi connectivity index (χ3v) is 5.34. The van der Waals surface area contributed by atoms with E-state index >= 15 is 0 Å². The summed E-state index contributed by atoms with van der Waals surface area (Å²) in [5, 5.41) is 3.78. The molecule has 4 aromatic rings. The van der Waals surface area contributed by atoms with Crippen LogP contribution in [0.1, 0.15) is 24.0 Å². The highest BCUT2D eigenvalue weighted by Crippen LogP contribution is 2.36. The summed E-state index contributed by atoms with van der Waals surface area (Å²) in [7, 11) is 1.73. The first-order chi connectivity index (χ1) is 13.2. The van der Waals surface area contributed by atoms with Gasteiger partial charge in [0.2, 0.25) is 0 Å². The highest BCUT2D eigenvalue weighted by molar-refractivity contribution is 5.95. The summed E-state index contributed by atoms with van der Waals surface area (Å²) in [5.41, 5.74) is 11.9. The highest BCUT2D eigenvalue weighted by Gasteiger charge is 2.16. The summed E-state index contributed by atoms with van der Waals surface area (Å²) in [6.07, 6.45) is 3.12. The number of fused-ring (bicyclic) bond motifs is 2. The smallest absolute Gasteiger partial charge is 0.119 e. The Kier molecular flexibility index (Phi) is 4.87. The zero-order valence-electron chi connectivity index (χ0n) is 16.0. The third-order valence-electron chi connectivity index (χ3n) is 5.34. The van der Waals surface area contributed by atoms with E-state index in [1.54, 1.807) is 7.11 Å². The lowest BCUT2D eigenvalue weighted by atomic mass is 9.98. The van der Waals surface area contributed by atoms with E-state index in [4.69, 9.17) is 10.5 Å². The average molecular weight is 358 g/mol. The van der Waals surface area contributed by atoms with Crippen molar-refractivity contribution in [1.82, 2.24) is 4.98 Å². The Morgan fingerprint density at radius 1 is 0.963 bits per heavy atom. The first-order valence-electron chi connectivity index (χ1n) is 9.59. The number of aromatic amines is 1. The number of aromatic nitrogens is 1. The van der Waals surface area contributed by atoms with Crippen molar-refractivity contribution in [2.75, 3.05) is 13.7 Å². The van der Waals surface area contributed by atoms with Crippen molar-refractivity contribution in [2.24, 2.45) is 5.73 Å². The van der Waals surface area contributed by atoms with Crippen LogP contribution in [0.25, 0.3) is 32.9 Å². The lowest BCUT2D eigenvalue weighted by Gasteiger charge is -2.07. The first-order valence-corrected chi connectivity index (χ1v) is 9.59. The van der Waals surface area contributed by atoms with Gasteiger partial charge < -0.3 is 15.5 Å². The fraction of sp³-hybridized carbons (Fsp3) is 0.250. The van der Waals surface area contributed by atoms with Gasteiger partial charge in [-0.15, -0.1) is 0 Å². The standard InChI is InChI=1S/C24H26N2O/c1-16-13-20(27-2)15-22-21(9-5-6-12-25)24(26-23(16)22)19-11-10-17-7-3-4-8-18(17)14-19/h3-4,7-8,10-11,13-15,26H,5-6,9,12,25H2,1-2H3. The van der Waals surface area contributed by atoms with Crippen molar-refractivity contribution in [1.29, 1.82) is 0 Å². The Balaban J connectivity index is 1.91. The van der Waals surface area contributed by atoms with Gasteiger partial charge in [-0.2, -0.15) is 0 Å². The van der Waals surface area contributed by atoms with Crippen molar-refractivity contribution >= 4 is 21.7 Å². The first kappa shape index (κ1) is 17.6. The molecule has 0 aliphatic rings. The molecule has 0 spiro atoms. The highest BCUT2D eigenvalue weighted by atomic mass is 16.5. The van der Waals surface area contributed by atoms with Gasteiger partial charge in [0.25, 0.3) is 0 Å². The molecule has 3 heteroatoms. The minimum Gasteiger partial charge on any atom is -0.497 e. The molecule has 3 nitrogen and oxygen atoms in total. The maximum Gasteiger partial charge on any atom is 0.119 e. The number of ether oxygens (including phenoxy) is 1. The number of hydrogen-bond donors (Lipinski definition) is 2. The van der Waals surface area contributed by atoms with E-state index in [9.17, 15) is 0 Å². The van der Waals surface area contributed by atoms with Gasteiger partial charge >= 0.3 is 0 Å². The SMILES string of the molecule is COc1cc(C)c2[nH]c(-c3ccc4ccccc4c3)c(CCCCN)c2c1. The van der Waals surface area contributed by atoms with Crippen LogP contribution in [-0.2, 0) is 6.42 Å². The van der Waals surface area contributed by atoms with Gasteiger partial charge in [0, 0.05) is 16.6 Å². The molecule has 27 heavy (non-hydrogen) atoms. The van der Waals surface area contributed by atoms with Gasteiger partial charge in [0.15, 0.2) is 0 Å². The van der Waals surface area contributed by atoms with Gasteiger partial charge in [-0.1, -0.05) is 36.4 Å². The minimum atomic E-state index is 0.732. The Bertz CT molecular complexity index is 1090. The minimum absolute atomic E-state index is 0.732. The van der Waals surface area contributed by atoms with E-state index in [1.165, 1.54) is 44.1 Å². The van der Waals surface area contributed by atoms with Gasteiger partial charge in [-0.3, -0.25) is 0 Å². The summed E-state index contributed by atoms with van der Waals surface area (Å²) in [6, 6.07) is 19.4. The van der Waals surface area contributed by atoms with Gasteiger partial charge in [0.05, 0.1) is 7.11 Å². The van der Waals surface area contributed by atoms with Crippen LogP contribution in [0.2, 0.25) is 0 Å². The van der Waals surface area contributed by atoms with E-state index in [0.717, 1.165) is 31.6 Å². The van der Waals surface area contributed by atoms with Crippen molar-refractivity contribution in [3.05, 3.63) is 65.7 Å². The molecule has 1 heterocycles. The maximum atomic E-state index is 5.73. The van der Waals surface area contributed by atoms with Crippen molar-refractivity contribution in [2.45, 2.75) is 26.2 Å². The van der Waals surface area contributed by atoms with Crippen LogP contribution in [0.3, 0.4) is 0 Å². The molecule has 0 aliphatic heterocycles. The van der Waals surface area contributed by atoms with E-state index in [0.29, 0.717) is 0 Å². The third kappa shape index (κ3) is 3.31. The number of unbranched alkanes of at least 4 members (excludes halogenated alkanes) is 1. The van der Waals surface area contributed by atoms with Gasteiger partial charge in [0.1, 0.15) is 5.75 Å². The van der Waals surface area contributed by atoms with Crippen LogP contribution in [0, 0.1) is 6.92 Å². The monoisotopic (exact) mass is 358 g/mol. The molecule has 4 rings (SSSR count). The summed E-state index contributed by atoms with van der Waals surface area (Å²) < 4.78 is 5.52.